The maximum absolute atomic E-state index is 14.2. The minimum Gasteiger partial charge on any atom is -0.408 e. The molecule has 0 aliphatic carbocycles. The molecule has 0 aromatic carbocycles. The van der Waals surface area contributed by atoms with Gasteiger partial charge in [-0.25, -0.2) is 0 Å². The van der Waals surface area contributed by atoms with Crippen LogP contribution in [0.2, 0.25) is 18.1 Å². The fourth-order valence-electron chi connectivity index (χ4n) is 20.9. The van der Waals surface area contributed by atoms with Crippen LogP contribution in [0, 0.1) is 53.3 Å². The molecular weight excluding hydrogens is 1430 g/mol. The number of ketones is 4. The number of carbonyl (C=O) groups is 4. The SMILES string of the molecule is C=C1CC2CCC(=O)/C=C/[C@H](O[Si](C)(C)C(C)(C)C)[C@@H]3O[C@H]4CCC(CC(=O)C[C@@H]5[C@@H](C)[C@@H](C[C@H](C)CC)O[C@H]5C[C@H]5O[C@@H](CC[C@@H]1O2)C[C@@H](C)C5=C)O[C@@H]4[C@H](C)[C@@H]3C.C=C1CC2CCC(=O)CC3O[C@H]4[C@@H](O)[C@H]5OC(CC[C@@H]5O[C@H]4[C@H]3O)CC(=O)C[C@@H]3[C@@H](C)[C@@H](C[C@H](O)CO)O[C@H]3C[C@H]3O[C@@H](CC[C@@H]1O2)C[C@@H](C)C3=C. The minimum atomic E-state index is -2.23. The summed E-state index contributed by atoms with van der Waals surface area (Å²) in [7, 11) is -2.23. The van der Waals surface area contributed by atoms with Gasteiger partial charge in [0.1, 0.15) is 47.9 Å². The van der Waals surface area contributed by atoms with Gasteiger partial charge in [0.2, 0.25) is 0 Å². The van der Waals surface area contributed by atoms with Gasteiger partial charge in [0.05, 0.1) is 135 Å². The van der Waals surface area contributed by atoms with E-state index in [1.165, 1.54) is 0 Å². The molecule has 15 aliphatic heterocycles. The minimum absolute atomic E-state index is 0.00479. The lowest BCUT2D eigenvalue weighted by Gasteiger charge is -2.51. The molecule has 0 spiro atoms. The summed E-state index contributed by atoms with van der Waals surface area (Å²) in [6.45, 7) is 46.5. The largest absolute Gasteiger partial charge is 0.408 e. The highest BCUT2D eigenvalue weighted by Crippen LogP contribution is 2.50. The first-order valence-electron chi connectivity index (χ1n) is 43.6. The molecule has 16 bridgehead atoms. The monoisotopic (exact) mass is 1570 g/mol. The molecule has 21 heteroatoms. The highest BCUT2D eigenvalue weighted by Gasteiger charge is 2.58. The normalized spacial score (nSPS) is 45.6. The van der Waals surface area contributed by atoms with Crippen LogP contribution in [0.15, 0.2) is 60.8 Å². The molecular formula is C90H142O20Si. The number of fused-ring (bicyclic) bond motifs is 9. The van der Waals surface area contributed by atoms with Gasteiger partial charge in [0, 0.05) is 64.2 Å². The van der Waals surface area contributed by atoms with E-state index in [0.717, 1.165) is 99.3 Å². The highest BCUT2D eigenvalue weighted by molar-refractivity contribution is 6.74. The Morgan fingerprint density at radius 1 is 0.477 bits per heavy atom. The summed E-state index contributed by atoms with van der Waals surface area (Å²) in [5.74, 6) is 2.01. The van der Waals surface area contributed by atoms with Crippen LogP contribution >= 0.6 is 0 Å². The molecule has 4 N–H and O–H groups in total. The molecule has 15 rings (SSSR count). The maximum Gasteiger partial charge on any atom is 0.193 e. The van der Waals surface area contributed by atoms with E-state index >= 15 is 0 Å². The lowest BCUT2D eigenvalue weighted by molar-refractivity contribution is -0.259. The number of hydrogen-bond donors (Lipinski definition) is 4. The van der Waals surface area contributed by atoms with Crippen LogP contribution in [-0.2, 0) is 75.7 Å². The van der Waals surface area contributed by atoms with Crippen molar-refractivity contribution in [1.82, 2.24) is 0 Å². The van der Waals surface area contributed by atoms with E-state index in [2.05, 4.69) is 116 Å². The van der Waals surface area contributed by atoms with Crippen molar-refractivity contribution in [3.8, 4) is 0 Å². The molecule has 12 fully saturated rings. The molecule has 0 aromatic heterocycles. The number of carbonyl (C=O) groups excluding carboxylic acids is 4. The third kappa shape index (κ3) is 20.8. The van der Waals surface area contributed by atoms with Crippen molar-refractivity contribution in [3.63, 3.8) is 0 Å². The van der Waals surface area contributed by atoms with Crippen LogP contribution < -0.4 is 0 Å². The van der Waals surface area contributed by atoms with Crippen LogP contribution in [-0.4, -0.2) is 217 Å². The van der Waals surface area contributed by atoms with Gasteiger partial charge >= 0.3 is 0 Å². The summed E-state index contributed by atoms with van der Waals surface area (Å²) in [4.78, 5) is 54.6. The molecule has 111 heavy (non-hydrogen) atoms. The number of rotatable bonds is 8. The summed E-state index contributed by atoms with van der Waals surface area (Å²) in [5, 5.41) is 42.5. The summed E-state index contributed by atoms with van der Waals surface area (Å²) in [6, 6.07) is 0. The zero-order chi connectivity index (χ0) is 79.8. The van der Waals surface area contributed by atoms with E-state index in [0.29, 0.717) is 69.6 Å². The van der Waals surface area contributed by atoms with Crippen molar-refractivity contribution in [2.75, 3.05) is 6.61 Å². The molecule has 15 aliphatic rings. The molecule has 15 heterocycles. The second kappa shape index (κ2) is 37.5. The second-order valence-electron chi connectivity index (χ2n) is 38.7. The topological polar surface area (TPSA) is 260 Å². The summed E-state index contributed by atoms with van der Waals surface area (Å²) < 4.78 is 79.8. The van der Waals surface area contributed by atoms with Gasteiger partial charge in [-0.3, -0.25) is 19.2 Å². The predicted molar refractivity (Wildman–Crippen MR) is 425 cm³/mol. The molecule has 0 aromatic rings. The van der Waals surface area contributed by atoms with Crippen LogP contribution in [0.4, 0.5) is 0 Å². The average molecular weight is 1570 g/mol. The van der Waals surface area contributed by atoms with Crippen molar-refractivity contribution >= 4 is 31.5 Å². The number of hydrogen-bond acceptors (Lipinski definition) is 20. The van der Waals surface area contributed by atoms with Gasteiger partial charge < -0.3 is 77.0 Å². The van der Waals surface area contributed by atoms with Crippen molar-refractivity contribution in [2.24, 2.45) is 53.3 Å². The predicted octanol–water partition coefficient (Wildman–Crippen LogP) is 13.8. The Balaban J connectivity index is 0.000000208. The summed E-state index contributed by atoms with van der Waals surface area (Å²) in [5.41, 5.74) is 4.30. The van der Waals surface area contributed by atoms with Crippen molar-refractivity contribution in [2.45, 2.75) is 420 Å². The Kier molecular flexibility index (Phi) is 29.5. The molecule has 626 valence electrons. The van der Waals surface area contributed by atoms with E-state index in [4.69, 9.17) is 56.5 Å². The zero-order valence-electron chi connectivity index (χ0n) is 69.6. The third-order valence-corrected chi connectivity index (χ3v) is 34.0. The molecule has 0 radical (unpaired) electrons. The Morgan fingerprint density at radius 3 is 1.47 bits per heavy atom. The van der Waals surface area contributed by atoms with Crippen molar-refractivity contribution < 1.29 is 96.1 Å². The third-order valence-electron chi connectivity index (χ3n) is 29.6. The highest BCUT2D eigenvalue weighted by atomic mass is 28.4. The number of allylic oxidation sites excluding steroid dienone is 1. The van der Waals surface area contributed by atoms with Gasteiger partial charge in [0.15, 0.2) is 14.1 Å². The smallest absolute Gasteiger partial charge is 0.193 e. The lowest BCUT2D eigenvalue weighted by Crippen LogP contribution is -2.61. The molecule has 12 saturated heterocycles. The number of aliphatic hydroxyl groups excluding tert-OH is 4. The van der Waals surface area contributed by atoms with E-state index in [1.807, 2.05) is 6.08 Å². The fraction of sp³-hybridized carbons (Fsp3) is 0.844. The number of ether oxygens (including phenoxy) is 11. The fourth-order valence-corrected chi connectivity index (χ4v) is 22.1. The lowest BCUT2D eigenvalue weighted by atomic mass is 9.76. The summed E-state index contributed by atoms with van der Waals surface area (Å²) >= 11 is 0. The zero-order valence-corrected chi connectivity index (χ0v) is 70.6. The van der Waals surface area contributed by atoms with Gasteiger partial charge in [-0.05, 0) is 196 Å². The van der Waals surface area contributed by atoms with Crippen LogP contribution in [0.25, 0.3) is 0 Å². The van der Waals surface area contributed by atoms with E-state index in [1.54, 1.807) is 6.08 Å². The first-order chi connectivity index (χ1) is 52.6. The van der Waals surface area contributed by atoms with Crippen molar-refractivity contribution in [1.29, 1.82) is 0 Å². The molecule has 35 atom stereocenters. The van der Waals surface area contributed by atoms with Crippen LogP contribution in [0.5, 0.6) is 0 Å². The van der Waals surface area contributed by atoms with Crippen LogP contribution in [0.1, 0.15) is 243 Å². The van der Waals surface area contributed by atoms with E-state index < -0.39 is 63.3 Å². The van der Waals surface area contributed by atoms with Gasteiger partial charge in [-0.2, -0.15) is 0 Å². The first-order valence-corrected chi connectivity index (χ1v) is 46.5. The van der Waals surface area contributed by atoms with E-state index in [-0.39, 0.29) is 212 Å². The van der Waals surface area contributed by atoms with Crippen molar-refractivity contribution in [3.05, 3.63) is 60.8 Å². The Morgan fingerprint density at radius 2 is 0.937 bits per heavy atom. The van der Waals surface area contributed by atoms with Gasteiger partial charge in [0.25, 0.3) is 0 Å². The number of aliphatic hydroxyl groups is 4. The summed E-state index contributed by atoms with van der Waals surface area (Å²) in [6.07, 6.45) is 10.9. The van der Waals surface area contributed by atoms with Gasteiger partial charge in [-0.1, -0.05) is 115 Å². The van der Waals surface area contributed by atoms with Crippen LogP contribution in [0.3, 0.4) is 0 Å². The average Bonchev–Trinajstić information content (AvgIpc) is 1.67. The molecule has 20 nitrogen and oxygen atoms in total. The quantitative estimate of drug-likeness (QED) is 0.130. The molecule has 0 saturated carbocycles. The Hall–Kier alpha value is -3.04. The Bertz CT molecular complexity index is 3250. The number of Topliss-reactive ketones (excluding diaryl/α,β-unsaturated/α-hetero) is 3. The molecule has 5 unspecified atom stereocenters. The van der Waals surface area contributed by atoms with Gasteiger partial charge in [-0.15, -0.1) is 0 Å². The second-order valence-corrected chi connectivity index (χ2v) is 43.4. The van der Waals surface area contributed by atoms with E-state index in [9.17, 15) is 39.6 Å². The first kappa shape index (κ1) is 87.3. The maximum atomic E-state index is 14.2. The standard InChI is InChI=1S/C50H82O8Si.C40H60O12/c1-14-29(2)23-45-35(8)41-27-37(52)26-40-19-22-43-48(55-40)33(6)34(7)49(57-43)44(58-59(12,13)50(9,10)11)20-16-36(51)15-17-38-25-31(4)42(53-38)21-18-39-24-30(3)32(5)46(54-39)28-47(41)56-45;1-19-11-27-7-9-30-20(2)12-26(47-30)6-5-23(42)15-35-36(45)39-40(52-35)37(46)38-31(51-39)10-8-28(49-38)13-24(43)14-29-22(4)32(16-25(44)18-41)50-34(29)17-33(48-27)21(19)3/h16,20,29-30,33-35,38-49H,4-5,14-15,17-19,21-28H2,1-3,6-13H3;19,22,25-41,44-46H,2-3,5-18H2,1,4H3/b20-16+;/t29-,30-,33-,34+,35-,38?,39+,40?,41-,42+,43+,44+,45-,46-,47+,48-,49-;19-,22-,25+,26?,27+,28?,29-,30+,31+,32-,33-,34+,35?,36+,37+,38+,39+,40+/m11/s1. The molecule has 0 amide bonds. The Labute approximate surface area is 664 Å².